The van der Waals surface area contributed by atoms with E-state index in [0.29, 0.717) is 19.8 Å². The Labute approximate surface area is 121 Å². The minimum atomic E-state index is -0.504. The molecule has 1 aliphatic rings. The van der Waals surface area contributed by atoms with E-state index >= 15 is 0 Å². The van der Waals surface area contributed by atoms with E-state index in [2.05, 4.69) is 10.6 Å². The van der Waals surface area contributed by atoms with Crippen LogP contribution in [0.15, 0.2) is 0 Å². The second kappa shape index (κ2) is 6.74. The Kier molecular flexibility index (Phi) is 5.79. The number of rotatable bonds is 4. The molecule has 0 bridgehead atoms. The molecule has 1 unspecified atom stereocenters. The molecule has 1 aliphatic heterocycles. The summed E-state index contributed by atoms with van der Waals surface area (Å²) < 4.78 is 16.3. The predicted molar refractivity (Wildman–Crippen MR) is 76.6 cm³/mol. The predicted octanol–water partition coefficient (Wildman–Crippen LogP) is 1.64. The summed E-state index contributed by atoms with van der Waals surface area (Å²) in [5, 5.41) is 6.09. The topological polar surface area (TPSA) is 68.8 Å². The van der Waals surface area contributed by atoms with Crippen molar-refractivity contribution in [1.29, 1.82) is 0 Å². The minimum absolute atomic E-state index is 0.112. The highest BCUT2D eigenvalue weighted by molar-refractivity contribution is 5.67. The number of hydrogen-bond donors (Lipinski definition) is 2. The van der Waals surface area contributed by atoms with Crippen molar-refractivity contribution in [2.24, 2.45) is 0 Å². The average molecular weight is 288 g/mol. The Bertz CT molecular complexity index is 316. The summed E-state index contributed by atoms with van der Waals surface area (Å²) in [5.41, 5.74) is -0.475. The van der Waals surface area contributed by atoms with Gasteiger partial charge in [0.05, 0.1) is 19.3 Å². The maximum absolute atomic E-state index is 11.5. The van der Waals surface area contributed by atoms with Crippen molar-refractivity contribution in [2.75, 3.05) is 19.8 Å². The molecule has 6 heteroatoms. The zero-order valence-corrected chi connectivity index (χ0v) is 13.4. The van der Waals surface area contributed by atoms with Crippen LogP contribution in [0.2, 0.25) is 0 Å². The second-order valence-electron chi connectivity index (χ2n) is 6.67. The molecule has 0 aromatic rings. The number of hydrogen-bond acceptors (Lipinski definition) is 5. The molecule has 0 aliphatic carbocycles. The van der Waals surface area contributed by atoms with Gasteiger partial charge in [-0.05, 0) is 41.5 Å². The van der Waals surface area contributed by atoms with Crippen LogP contribution in [0.5, 0.6) is 0 Å². The normalized spacial score (nSPS) is 21.3. The molecule has 0 spiro atoms. The summed E-state index contributed by atoms with van der Waals surface area (Å²) in [6, 6.07) is 0.249. The summed E-state index contributed by atoms with van der Waals surface area (Å²) in [6.07, 6.45) is -0.400. The molecule has 0 aromatic carbocycles. The number of carbonyl (C=O) groups excluding carboxylic acids is 1. The smallest absolute Gasteiger partial charge is 0.407 e. The molecule has 0 radical (unpaired) electrons. The fraction of sp³-hybridized carbons (Fsp3) is 0.929. The maximum atomic E-state index is 11.5. The summed E-state index contributed by atoms with van der Waals surface area (Å²) in [4.78, 5) is 11.5. The summed E-state index contributed by atoms with van der Waals surface area (Å²) in [7, 11) is 0. The zero-order chi connectivity index (χ0) is 15.4. The first-order chi connectivity index (χ1) is 9.07. The van der Waals surface area contributed by atoms with E-state index in [1.807, 2.05) is 41.5 Å². The van der Waals surface area contributed by atoms with Gasteiger partial charge >= 0.3 is 6.09 Å². The lowest BCUT2D eigenvalue weighted by atomic mass is 10.2. The molecule has 118 valence electrons. The fourth-order valence-corrected chi connectivity index (χ4v) is 1.80. The number of amides is 1. The Morgan fingerprint density at radius 1 is 1.35 bits per heavy atom. The van der Waals surface area contributed by atoms with Gasteiger partial charge in [-0.25, -0.2) is 4.79 Å². The standard InChI is InChI=1S/C14H28N2O4/c1-10(7-15-12(17)20-13(2,3)4)16-11-8-18-14(5,6)19-9-11/h10-11,16H,7-9H2,1-6H3,(H,15,17). The van der Waals surface area contributed by atoms with Crippen LogP contribution in [0.3, 0.4) is 0 Å². The highest BCUT2D eigenvalue weighted by Crippen LogP contribution is 2.17. The fourth-order valence-electron chi connectivity index (χ4n) is 1.80. The first kappa shape index (κ1) is 17.2. The van der Waals surface area contributed by atoms with Crippen molar-refractivity contribution in [3.05, 3.63) is 0 Å². The van der Waals surface area contributed by atoms with E-state index in [-0.39, 0.29) is 12.1 Å². The Morgan fingerprint density at radius 3 is 2.40 bits per heavy atom. The minimum Gasteiger partial charge on any atom is -0.444 e. The van der Waals surface area contributed by atoms with Crippen LogP contribution in [0.4, 0.5) is 4.79 Å². The third-order valence-electron chi connectivity index (χ3n) is 2.74. The molecule has 1 rings (SSSR count). The average Bonchev–Trinajstić information content (AvgIpc) is 2.27. The quantitative estimate of drug-likeness (QED) is 0.823. The molecular formula is C14H28N2O4. The summed E-state index contributed by atoms with van der Waals surface area (Å²) >= 11 is 0. The van der Waals surface area contributed by atoms with E-state index in [9.17, 15) is 4.79 Å². The van der Waals surface area contributed by atoms with Gasteiger partial charge in [0.2, 0.25) is 0 Å². The summed E-state index contributed by atoms with van der Waals surface area (Å²) in [6.45, 7) is 13.0. The second-order valence-corrected chi connectivity index (χ2v) is 6.67. The molecule has 0 saturated carbocycles. The van der Waals surface area contributed by atoms with Gasteiger partial charge in [0.1, 0.15) is 5.60 Å². The van der Waals surface area contributed by atoms with Gasteiger partial charge in [0.25, 0.3) is 0 Å². The van der Waals surface area contributed by atoms with Crippen LogP contribution in [-0.2, 0) is 14.2 Å². The monoisotopic (exact) mass is 288 g/mol. The van der Waals surface area contributed by atoms with E-state index in [0.717, 1.165) is 0 Å². The maximum Gasteiger partial charge on any atom is 0.407 e. The highest BCUT2D eigenvalue weighted by atomic mass is 16.7. The van der Waals surface area contributed by atoms with E-state index in [4.69, 9.17) is 14.2 Å². The van der Waals surface area contributed by atoms with E-state index < -0.39 is 17.5 Å². The third-order valence-corrected chi connectivity index (χ3v) is 2.74. The van der Waals surface area contributed by atoms with Crippen molar-refractivity contribution >= 4 is 6.09 Å². The van der Waals surface area contributed by atoms with Gasteiger partial charge in [0.15, 0.2) is 5.79 Å². The first-order valence-electron chi connectivity index (χ1n) is 7.08. The highest BCUT2D eigenvalue weighted by Gasteiger charge is 2.28. The zero-order valence-electron chi connectivity index (χ0n) is 13.4. The van der Waals surface area contributed by atoms with Crippen LogP contribution in [0, 0.1) is 0 Å². The molecule has 1 amide bonds. The largest absolute Gasteiger partial charge is 0.444 e. The van der Waals surface area contributed by atoms with Gasteiger partial charge in [0, 0.05) is 12.6 Å². The van der Waals surface area contributed by atoms with Crippen LogP contribution in [-0.4, -0.2) is 49.3 Å². The Hall–Kier alpha value is -0.850. The Morgan fingerprint density at radius 2 is 1.90 bits per heavy atom. The lowest BCUT2D eigenvalue weighted by molar-refractivity contribution is -0.253. The third kappa shape index (κ3) is 7.07. The molecule has 0 aromatic heterocycles. The Balaban J connectivity index is 2.21. The molecule has 1 fully saturated rings. The van der Waals surface area contributed by atoms with Gasteiger partial charge in [-0.15, -0.1) is 0 Å². The molecule has 6 nitrogen and oxygen atoms in total. The lowest BCUT2D eigenvalue weighted by Crippen LogP contribution is -2.53. The number of nitrogens with one attached hydrogen (secondary N) is 2. The molecular weight excluding hydrogens is 260 g/mol. The van der Waals surface area contributed by atoms with Gasteiger partial charge < -0.3 is 24.8 Å². The molecule has 2 N–H and O–H groups in total. The van der Waals surface area contributed by atoms with Crippen LogP contribution in [0.25, 0.3) is 0 Å². The number of ether oxygens (including phenoxy) is 3. The molecule has 1 heterocycles. The van der Waals surface area contributed by atoms with Gasteiger partial charge in [-0.2, -0.15) is 0 Å². The van der Waals surface area contributed by atoms with Crippen molar-refractivity contribution in [2.45, 2.75) is 65.0 Å². The number of alkyl carbamates (subject to hydrolysis) is 1. The molecule has 1 atom stereocenters. The number of carbonyl (C=O) groups is 1. The van der Waals surface area contributed by atoms with Crippen LogP contribution in [0.1, 0.15) is 41.5 Å². The van der Waals surface area contributed by atoms with Crippen molar-refractivity contribution < 1.29 is 19.0 Å². The van der Waals surface area contributed by atoms with Crippen molar-refractivity contribution in [3.63, 3.8) is 0 Å². The van der Waals surface area contributed by atoms with Gasteiger partial charge in [-0.3, -0.25) is 0 Å². The summed E-state index contributed by atoms with van der Waals surface area (Å²) in [5.74, 6) is -0.504. The first-order valence-corrected chi connectivity index (χ1v) is 7.08. The lowest BCUT2D eigenvalue weighted by Gasteiger charge is -2.36. The SMILES string of the molecule is CC(CNC(=O)OC(C)(C)C)NC1COC(C)(C)OC1. The molecule has 20 heavy (non-hydrogen) atoms. The van der Waals surface area contributed by atoms with Crippen LogP contribution < -0.4 is 10.6 Å². The van der Waals surface area contributed by atoms with Gasteiger partial charge in [-0.1, -0.05) is 0 Å². The van der Waals surface area contributed by atoms with E-state index in [1.54, 1.807) is 0 Å². The molecule has 1 saturated heterocycles. The van der Waals surface area contributed by atoms with Crippen molar-refractivity contribution in [3.8, 4) is 0 Å². The van der Waals surface area contributed by atoms with E-state index in [1.165, 1.54) is 0 Å². The van der Waals surface area contributed by atoms with Crippen molar-refractivity contribution in [1.82, 2.24) is 10.6 Å². The van der Waals surface area contributed by atoms with Crippen LogP contribution >= 0.6 is 0 Å².